The fourth-order valence-electron chi connectivity index (χ4n) is 1.85. The van der Waals surface area contributed by atoms with Gasteiger partial charge in [-0.1, -0.05) is 19.1 Å². The lowest BCUT2D eigenvalue weighted by Gasteiger charge is -2.12. The van der Waals surface area contributed by atoms with Gasteiger partial charge in [0.2, 0.25) is 5.75 Å². The molecule has 24 heavy (non-hydrogen) atoms. The Morgan fingerprint density at radius 1 is 1.04 bits per heavy atom. The zero-order chi connectivity index (χ0) is 17.9. The van der Waals surface area contributed by atoms with Crippen molar-refractivity contribution in [3.8, 4) is 11.5 Å². The zero-order valence-corrected chi connectivity index (χ0v) is 12.3. The van der Waals surface area contributed by atoms with Crippen molar-refractivity contribution in [3.63, 3.8) is 0 Å². The Labute approximate surface area is 133 Å². The number of ether oxygens (including phenoxy) is 2. The second-order valence-electron chi connectivity index (χ2n) is 4.70. The highest BCUT2D eigenvalue weighted by atomic mass is 19.4. The lowest BCUT2D eigenvalue weighted by Crippen LogP contribution is -2.19. The second kappa shape index (κ2) is 6.86. The summed E-state index contributed by atoms with van der Waals surface area (Å²) >= 11 is 0. The fourth-order valence-corrected chi connectivity index (χ4v) is 1.85. The summed E-state index contributed by atoms with van der Waals surface area (Å²) in [6.45, 7) is 1.92. The summed E-state index contributed by atoms with van der Waals surface area (Å²) in [7, 11) is 0. The highest BCUT2D eigenvalue weighted by molar-refractivity contribution is 5.91. The van der Waals surface area contributed by atoms with Gasteiger partial charge in [0.05, 0.1) is 5.56 Å². The third-order valence-electron chi connectivity index (χ3n) is 3.00. The molecule has 0 aromatic heterocycles. The molecule has 0 aliphatic rings. The lowest BCUT2D eigenvalue weighted by molar-refractivity contribution is -0.276. The molecule has 0 bridgehead atoms. The van der Waals surface area contributed by atoms with Crippen molar-refractivity contribution in [1.29, 1.82) is 0 Å². The summed E-state index contributed by atoms with van der Waals surface area (Å²) < 4.78 is 71.2. The molecule has 0 fully saturated rings. The van der Waals surface area contributed by atoms with Gasteiger partial charge in [0.25, 0.3) is 0 Å². The van der Waals surface area contributed by atoms with Gasteiger partial charge in [0, 0.05) is 12.1 Å². The zero-order valence-electron chi connectivity index (χ0n) is 12.3. The normalized spacial score (nSPS) is 11.2. The smallest absolute Gasteiger partial charge is 0.423 e. The highest BCUT2D eigenvalue weighted by Crippen LogP contribution is 2.31. The molecule has 128 valence electrons. The molecular weight excluding hydrogens is 335 g/mol. The summed E-state index contributed by atoms with van der Waals surface area (Å²) in [5.41, 5.74) is 1.10. The van der Waals surface area contributed by atoms with Crippen molar-refractivity contribution in [2.24, 2.45) is 0 Å². The molecule has 0 atom stereocenters. The van der Waals surface area contributed by atoms with Gasteiger partial charge in [-0.25, -0.2) is 13.6 Å². The number of benzene rings is 2. The van der Waals surface area contributed by atoms with E-state index in [0.29, 0.717) is 12.1 Å². The molecule has 0 radical (unpaired) electrons. The molecule has 0 heterocycles. The maximum Gasteiger partial charge on any atom is 0.573 e. The van der Waals surface area contributed by atoms with Crippen LogP contribution in [0.3, 0.4) is 0 Å². The number of alkyl halides is 3. The predicted octanol–water partition coefficient (Wildman–Crippen LogP) is 4.65. The van der Waals surface area contributed by atoms with E-state index in [1.807, 2.05) is 6.92 Å². The number of carbonyl (C=O) groups excluding carboxylic acids is 1. The predicted molar refractivity (Wildman–Crippen MR) is 73.8 cm³/mol. The molecule has 0 N–H and O–H groups in total. The van der Waals surface area contributed by atoms with Gasteiger partial charge in [0.1, 0.15) is 5.75 Å². The SMILES string of the molecule is CCc1ccc(C(=O)Oc2cc(F)c(OC(F)(F)F)c(F)c2)cc1. The van der Waals surface area contributed by atoms with Crippen molar-refractivity contribution in [3.05, 3.63) is 59.2 Å². The minimum atomic E-state index is -5.25. The van der Waals surface area contributed by atoms with Crippen molar-refractivity contribution in [2.45, 2.75) is 19.7 Å². The molecule has 0 saturated heterocycles. The molecule has 0 spiro atoms. The number of halogens is 5. The number of hydrogen-bond donors (Lipinski definition) is 0. The van der Waals surface area contributed by atoms with Crippen molar-refractivity contribution in [1.82, 2.24) is 0 Å². The van der Waals surface area contributed by atoms with Crippen LogP contribution in [-0.2, 0) is 6.42 Å². The number of carbonyl (C=O) groups is 1. The number of rotatable bonds is 4. The van der Waals surface area contributed by atoms with Crippen LogP contribution in [0.15, 0.2) is 36.4 Å². The van der Waals surface area contributed by atoms with E-state index in [2.05, 4.69) is 4.74 Å². The Hall–Kier alpha value is -2.64. The van der Waals surface area contributed by atoms with Gasteiger partial charge in [-0.05, 0) is 24.1 Å². The minimum absolute atomic E-state index is 0.128. The molecular formula is C16H11F5O3. The van der Waals surface area contributed by atoms with Crippen LogP contribution in [0.1, 0.15) is 22.8 Å². The maximum atomic E-state index is 13.5. The van der Waals surface area contributed by atoms with Gasteiger partial charge in [0.15, 0.2) is 11.6 Å². The first kappa shape index (κ1) is 17.7. The minimum Gasteiger partial charge on any atom is -0.423 e. The number of hydrogen-bond acceptors (Lipinski definition) is 3. The molecule has 0 aliphatic heterocycles. The molecule has 0 aliphatic carbocycles. The van der Waals surface area contributed by atoms with E-state index < -0.39 is 35.5 Å². The van der Waals surface area contributed by atoms with Gasteiger partial charge in [-0.15, -0.1) is 13.2 Å². The summed E-state index contributed by atoms with van der Waals surface area (Å²) in [6.07, 6.45) is -4.49. The molecule has 0 saturated carbocycles. The van der Waals surface area contributed by atoms with E-state index in [0.717, 1.165) is 12.0 Å². The van der Waals surface area contributed by atoms with Gasteiger partial charge in [-0.3, -0.25) is 0 Å². The molecule has 2 aromatic rings. The molecule has 2 rings (SSSR count). The van der Waals surface area contributed by atoms with E-state index in [-0.39, 0.29) is 5.56 Å². The monoisotopic (exact) mass is 346 g/mol. The molecule has 3 nitrogen and oxygen atoms in total. The summed E-state index contributed by atoms with van der Waals surface area (Å²) in [5, 5.41) is 0. The average Bonchev–Trinajstić information content (AvgIpc) is 2.50. The van der Waals surface area contributed by atoms with Crippen LogP contribution in [0, 0.1) is 11.6 Å². The lowest BCUT2D eigenvalue weighted by atomic mass is 10.1. The maximum absolute atomic E-state index is 13.5. The van der Waals surface area contributed by atoms with Crippen LogP contribution in [-0.4, -0.2) is 12.3 Å². The molecule has 8 heteroatoms. The fraction of sp³-hybridized carbons (Fsp3) is 0.188. The van der Waals surface area contributed by atoms with Crippen LogP contribution in [0.4, 0.5) is 22.0 Å². The van der Waals surface area contributed by atoms with Crippen LogP contribution < -0.4 is 9.47 Å². The third-order valence-corrected chi connectivity index (χ3v) is 3.00. The Morgan fingerprint density at radius 2 is 1.58 bits per heavy atom. The molecule has 0 amide bonds. The first-order valence-corrected chi connectivity index (χ1v) is 6.75. The largest absolute Gasteiger partial charge is 0.573 e. The van der Waals surface area contributed by atoms with E-state index >= 15 is 0 Å². The molecule has 0 unspecified atom stereocenters. The molecule has 2 aromatic carbocycles. The van der Waals surface area contributed by atoms with E-state index in [1.165, 1.54) is 12.1 Å². The third kappa shape index (κ3) is 4.43. The van der Waals surface area contributed by atoms with Crippen molar-refractivity contribution >= 4 is 5.97 Å². The van der Waals surface area contributed by atoms with Crippen molar-refractivity contribution in [2.75, 3.05) is 0 Å². The summed E-state index contributed by atoms with van der Waals surface area (Å²) in [4.78, 5) is 11.9. The quantitative estimate of drug-likeness (QED) is 0.459. The van der Waals surface area contributed by atoms with Gasteiger partial charge < -0.3 is 9.47 Å². The van der Waals surface area contributed by atoms with Crippen LogP contribution in [0.25, 0.3) is 0 Å². The Kier molecular flexibility index (Phi) is 5.06. The first-order chi connectivity index (χ1) is 11.2. The summed E-state index contributed by atoms with van der Waals surface area (Å²) in [6, 6.07) is 7.16. The van der Waals surface area contributed by atoms with Gasteiger partial charge in [-0.2, -0.15) is 0 Å². The topological polar surface area (TPSA) is 35.5 Å². The highest BCUT2D eigenvalue weighted by Gasteiger charge is 2.34. The van der Waals surface area contributed by atoms with Crippen molar-refractivity contribution < 1.29 is 36.2 Å². The number of aryl methyl sites for hydroxylation is 1. The van der Waals surface area contributed by atoms with Crippen LogP contribution in [0.2, 0.25) is 0 Å². The average molecular weight is 346 g/mol. The van der Waals surface area contributed by atoms with Gasteiger partial charge >= 0.3 is 12.3 Å². The summed E-state index contributed by atoms with van der Waals surface area (Å²) in [5.74, 6) is -6.38. The van der Waals surface area contributed by atoms with E-state index in [4.69, 9.17) is 4.74 Å². The Morgan fingerprint density at radius 3 is 2.04 bits per heavy atom. The van der Waals surface area contributed by atoms with Crippen LogP contribution >= 0.6 is 0 Å². The number of esters is 1. The van der Waals surface area contributed by atoms with Crippen LogP contribution in [0.5, 0.6) is 11.5 Å². The standard InChI is InChI=1S/C16H11F5O3/c1-2-9-3-5-10(6-4-9)15(22)23-11-7-12(17)14(13(18)8-11)24-16(19,20)21/h3-8H,2H2,1H3. The first-order valence-electron chi connectivity index (χ1n) is 6.75. The van der Waals surface area contributed by atoms with E-state index in [1.54, 1.807) is 12.1 Å². The second-order valence-corrected chi connectivity index (χ2v) is 4.70. The Balaban J connectivity index is 2.19. The van der Waals surface area contributed by atoms with E-state index in [9.17, 15) is 26.7 Å². The Bertz CT molecular complexity index is 715.